The highest BCUT2D eigenvalue weighted by molar-refractivity contribution is 6.10. The lowest BCUT2D eigenvalue weighted by molar-refractivity contribution is -0.138. The molecule has 0 atom stereocenters. The zero-order valence-electron chi connectivity index (χ0n) is 15.5. The van der Waals surface area contributed by atoms with E-state index in [0.29, 0.717) is 18.0 Å². The average Bonchev–Trinajstić information content (AvgIpc) is 2.66. The monoisotopic (exact) mass is 356 g/mol. The first kappa shape index (κ1) is 19.3. The molecule has 26 heavy (non-hydrogen) atoms. The average molecular weight is 356 g/mol. The third-order valence-electron chi connectivity index (χ3n) is 4.10. The molecule has 2 aromatic rings. The molecule has 2 rings (SSSR count). The van der Waals surface area contributed by atoms with E-state index in [4.69, 9.17) is 9.47 Å². The maximum Gasteiger partial charge on any atom is 0.239 e. The highest BCUT2D eigenvalue weighted by Crippen LogP contribution is 2.26. The van der Waals surface area contributed by atoms with Crippen LogP contribution in [0.2, 0.25) is 0 Å². The van der Waals surface area contributed by atoms with E-state index in [-0.39, 0.29) is 5.91 Å². The van der Waals surface area contributed by atoms with Gasteiger partial charge in [-0.3, -0.25) is 9.59 Å². The fraction of sp³-hybridized carbons (Fsp3) is 0.300. The Morgan fingerprint density at radius 1 is 0.923 bits per heavy atom. The second-order valence-corrected chi connectivity index (χ2v) is 6.31. The molecule has 0 radical (unpaired) electrons. The summed E-state index contributed by atoms with van der Waals surface area (Å²) in [5.74, 6) is 0.516. The molecule has 6 heteroatoms. The molecule has 0 aliphatic heterocycles. The molecule has 0 heterocycles. The molecule has 0 bridgehead atoms. The van der Waals surface area contributed by atoms with Crippen LogP contribution in [-0.4, -0.2) is 26.0 Å². The van der Waals surface area contributed by atoms with Gasteiger partial charge in [-0.15, -0.1) is 0 Å². The summed E-state index contributed by atoms with van der Waals surface area (Å²) in [6, 6.07) is 14.4. The number of methoxy groups -OCH3 is 2. The fourth-order valence-electron chi connectivity index (χ4n) is 2.28. The minimum atomic E-state index is -1.24. The summed E-state index contributed by atoms with van der Waals surface area (Å²) in [5, 5.41) is 5.55. The highest BCUT2D eigenvalue weighted by atomic mass is 16.5. The first-order valence-electron chi connectivity index (χ1n) is 8.24. The molecule has 0 saturated carbocycles. The summed E-state index contributed by atoms with van der Waals surface area (Å²) in [4.78, 5) is 25.1. The quantitative estimate of drug-likeness (QED) is 0.748. The minimum Gasteiger partial charge on any atom is -0.497 e. The number of anilines is 1. The van der Waals surface area contributed by atoms with Gasteiger partial charge in [0.1, 0.15) is 16.9 Å². The topological polar surface area (TPSA) is 76.7 Å². The van der Waals surface area contributed by atoms with Crippen molar-refractivity contribution in [2.45, 2.75) is 20.4 Å². The van der Waals surface area contributed by atoms with Gasteiger partial charge < -0.3 is 20.1 Å². The summed E-state index contributed by atoms with van der Waals surface area (Å²) in [7, 11) is 3.12. The SMILES string of the molecule is COc1ccc(CNC(=O)C(C)(C)C(=O)Nc2ccccc2OC)cc1. The number of amides is 2. The molecule has 0 aromatic heterocycles. The van der Waals surface area contributed by atoms with Gasteiger partial charge in [-0.25, -0.2) is 0 Å². The van der Waals surface area contributed by atoms with E-state index in [9.17, 15) is 9.59 Å². The zero-order valence-corrected chi connectivity index (χ0v) is 15.5. The maximum absolute atomic E-state index is 12.6. The van der Waals surface area contributed by atoms with Gasteiger partial charge in [0, 0.05) is 6.54 Å². The Morgan fingerprint density at radius 2 is 1.58 bits per heavy atom. The van der Waals surface area contributed by atoms with Gasteiger partial charge in [0.05, 0.1) is 19.9 Å². The first-order valence-corrected chi connectivity index (χ1v) is 8.24. The smallest absolute Gasteiger partial charge is 0.239 e. The van der Waals surface area contributed by atoms with Crippen molar-refractivity contribution >= 4 is 17.5 Å². The summed E-state index contributed by atoms with van der Waals surface area (Å²) in [6.45, 7) is 3.50. The molecule has 0 aliphatic carbocycles. The number of carbonyl (C=O) groups excluding carboxylic acids is 2. The Balaban J connectivity index is 2.00. The van der Waals surface area contributed by atoms with Crippen LogP contribution in [0.5, 0.6) is 11.5 Å². The van der Waals surface area contributed by atoms with Crippen LogP contribution >= 0.6 is 0 Å². The number of carbonyl (C=O) groups is 2. The molecule has 6 nitrogen and oxygen atoms in total. The van der Waals surface area contributed by atoms with E-state index >= 15 is 0 Å². The molecular formula is C20H24N2O4. The molecule has 0 fully saturated rings. The summed E-state index contributed by atoms with van der Waals surface area (Å²) in [6.07, 6.45) is 0. The van der Waals surface area contributed by atoms with Gasteiger partial charge >= 0.3 is 0 Å². The number of benzene rings is 2. The van der Waals surface area contributed by atoms with Gasteiger partial charge in [-0.05, 0) is 43.7 Å². The van der Waals surface area contributed by atoms with Crippen molar-refractivity contribution in [3.63, 3.8) is 0 Å². The van der Waals surface area contributed by atoms with Crippen LogP contribution in [-0.2, 0) is 16.1 Å². The van der Waals surface area contributed by atoms with Gasteiger partial charge in [-0.1, -0.05) is 24.3 Å². The Kier molecular flexibility index (Phi) is 6.22. The third kappa shape index (κ3) is 4.53. The summed E-state index contributed by atoms with van der Waals surface area (Å²) < 4.78 is 10.3. The second kappa shape index (κ2) is 8.38. The second-order valence-electron chi connectivity index (χ2n) is 6.31. The highest BCUT2D eigenvalue weighted by Gasteiger charge is 2.36. The van der Waals surface area contributed by atoms with Gasteiger partial charge in [0.2, 0.25) is 11.8 Å². The van der Waals surface area contributed by atoms with E-state index in [1.165, 1.54) is 7.11 Å². The van der Waals surface area contributed by atoms with E-state index in [1.54, 1.807) is 45.2 Å². The van der Waals surface area contributed by atoms with Crippen molar-refractivity contribution in [3.8, 4) is 11.5 Å². The Labute approximate surface area is 153 Å². The van der Waals surface area contributed by atoms with Crippen LogP contribution in [0.15, 0.2) is 48.5 Å². The van der Waals surface area contributed by atoms with Crippen molar-refractivity contribution in [1.29, 1.82) is 0 Å². The van der Waals surface area contributed by atoms with Crippen molar-refractivity contribution in [2.24, 2.45) is 5.41 Å². The van der Waals surface area contributed by atoms with Crippen molar-refractivity contribution in [2.75, 3.05) is 19.5 Å². The number of para-hydroxylation sites is 2. The van der Waals surface area contributed by atoms with Crippen LogP contribution in [0.4, 0.5) is 5.69 Å². The Bertz CT molecular complexity index is 770. The van der Waals surface area contributed by atoms with Crippen molar-refractivity contribution in [1.82, 2.24) is 5.32 Å². The molecule has 138 valence electrons. The van der Waals surface area contributed by atoms with Crippen LogP contribution in [0, 0.1) is 5.41 Å². The summed E-state index contributed by atoms with van der Waals surface area (Å²) >= 11 is 0. The molecule has 0 saturated heterocycles. The predicted octanol–water partition coefficient (Wildman–Crippen LogP) is 2.98. The molecule has 0 spiro atoms. The van der Waals surface area contributed by atoms with Crippen LogP contribution < -0.4 is 20.1 Å². The first-order chi connectivity index (χ1) is 12.4. The number of hydrogen-bond donors (Lipinski definition) is 2. The number of hydrogen-bond acceptors (Lipinski definition) is 4. The van der Waals surface area contributed by atoms with E-state index in [1.807, 2.05) is 24.3 Å². The summed E-state index contributed by atoms with van der Waals surface area (Å²) in [5.41, 5.74) is 0.198. The fourth-order valence-corrected chi connectivity index (χ4v) is 2.28. The maximum atomic E-state index is 12.6. The number of ether oxygens (including phenoxy) is 2. The van der Waals surface area contributed by atoms with Gasteiger partial charge in [-0.2, -0.15) is 0 Å². The molecule has 2 N–H and O–H groups in total. The third-order valence-corrected chi connectivity index (χ3v) is 4.10. The molecule has 0 aliphatic rings. The largest absolute Gasteiger partial charge is 0.497 e. The number of nitrogens with one attached hydrogen (secondary N) is 2. The van der Waals surface area contributed by atoms with E-state index < -0.39 is 11.3 Å². The van der Waals surface area contributed by atoms with E-state index in [0.717, 1.165) is 11.3 Å². The zero-order chi connectivity index (χ0) is 19.2. The minimum absolute atomic E-state index is 0.328. The van der Waals surface area contributed by atoms with Gasteiger partial charge in [0.25, 0.3) is 0 Å². The van der Waals surface area contributed by atoms with Crippen LogP contribution in [0.3, 0.4) is 0 Å². The van der Waals surface area contributed by atoms with Crippen molar-refractivity contribution in [3.05, 3.63) is 54.1 Å². The predicted molar refractivity (Wildman–Crippen MR) is 100 cm³/mol. The van der Waals surface area contributed by atoms with Gasteiger partial charge in [0.15, 0.2) is 0 Å². The lowest BCUT2D eigenvalue weighted by Gasteiger charge is -2.23. The Morgan fingerprint density at radius 3 is 2.19 bits per heavy atom. The van der Waals surface area contributed by atoms with Crippen LogP contribution in [0.25, 0.3) is 0 Å². The number of rotatable bonds is 7. The Hall–Kier alpha value is -3.02. The lowest BCUT2D eigenvalue weighted by atomic mass is 9.90. The molecule has 2 aromatic carbocycles. The lowest BCUT2D eigenvalue weighted by Crippen LogP contribution is -2.44. The molecule has 2 amide bonds. The molecular weight excluding hydrogens is 332 g/mol. The van der Waals surface area contributed by atoms with Crippen molar-refractivity contribution < 1.29 is 19.1 Å². The molecule has 0 unspecified atom stereocenters. The van der Waals surface area contributed by atoms with E-state index in [2.05, 4.69) is 10.6 Å². The normalized spacial score (nSPS) is 10.8. The van der Waals surface area contributed by atoms with Crippen LogP contribution in [0.1, 0.15) is 19.4 Å². The standard InChI is InChI=1S/C20H24N2O4/c1-20(2,19(24)22-16-7-5-6-8-17(16)26-4)18(23)21-13-14-9-11-15(25-3)12-10-14/h5-12H,13H2,1-4H3,(H,21,23)(H,22,24).